The molecular weight excluding hydrogens is 394 g/mol. The van der Waals surface area contributed by atoms with Crippen molar-refractivity contribution in [3.8, 4) is 0 Å². The second-order valence-electron chi connectivity index (χ2n) is 6.74. The number of thiophene rings is 1. The molecule has 1 saturated heterocycles. The third kappa shape index (κ3) is 5.40. The largest absolute Gasteiger partial charge is 0.462 e. The number of nitrogens with zero attached hydrogens (tertiary/aromatic N) is 3. The lowest BCUT2D eigenvalue weighted by atomic mass is 10.2. The third-order valence-electron chi connectivity index (χ3n) is 4.56. The van der Waals surface area contributed by atoms with Gasteiger partial charge in [0.25, 0.3) is 0 Å². The molecule has 1 aliphatic rings. The number of hydrogen-bond donors (Lipinski definition) is 2. The molecule has 3 rings (SSSR count). The molecule has 1 fully saturated rings. The minimum atomic E-state index is -0.341. The van der Waals surface area contributed by atoms with Gasteiger partial charge in [0, 0.05) is 33.1 Å². The first-order valence-corrected chi connectivity index (χ1v) is 10.6. The number of aryl methyl sites for hydroxylation is 1. The Hall–Kier alpha value is -2.30. The summed E-state index contributed by atoms with van der Waals surface area (Å²) in [6.45, 7) is 10.2. The van der Waals surface area contributed by atoms with Crippen molar-refractivity contribution in [2.24, 2.45) is 0 Å². The van der Waals surface area contributed by atoms with Crippen LogP contribution in [0.15, 0.2) is 0 Å². The number of nitrogens with one attached hydrogen (secondary N) is 2. The Labute approximate surface area is 173 Å². The minimum absolute atomic E-state index is 0.0797. The highest BCUT2D eigenvalue weighted by molar-refractivity contribution is 7.20. The second-order valence-corrected chi connectivity index (χ2v) is 7.74. The van der Waals surface area contributed by atoms with Crippen LogP contribution in [-0.4, -0.2) is 72.7 Å². The summed E-state index contributed by atoms with van der Waals surface area (Å²) in [4.78, 5) is 36.4. The van der Waals surface area contributed by atoms with Crippen LogP contribution < -0.4 is 10.6 Å². The van der Waals surface area contributed by atoms with Crippen LogP contribution in [0.4, 0.5) is 5.82 Å². The maximum atomic E-state index is 12.3. The molecule has 29 heavy (non-hydrogen) atoms. The van der Waals surface area contributed by atoms with Crippen molar-refractivity contribution >= 4 is 39.2 Å². The maximum absolute atomic E-state index is 12.3. The Morgan fingerprint density at radius 2 is 2.00 bits per heavy atom. The zero-order chi connectivity index (χ0) is 20.8. The monoisotopic (exact) mass is 421 g/mol. The van der Waals surface area contributed by atoms with Crippen molar-refractivity contribution in [1.82, 2.24) is 20.2 Å². The molecule has 0 aromatic carbocycles. The molecule has 0 bridgehead atoms. The Morgan fingerprint density at radius 1 is 1.24 bits per heavy atom. The van der Waals surface area contributed by atoms with Gasteiger partial charge in [-0.3, -0.25) is 9.69 Å². The van der Waals surface area contributed by atoms with Crippen LogP contribution in [0.3, 0.4) is 0 Å². The molecule has 2 aromatic heterocycles. The summed E-state index contributed by atoms with van der Waals surface area (Å²) < 4.78 is 10.6. The summed E-state index contributed by atoms with van der Waals surface area (Å²) in [5.74, 6) is 0.946. The molecule has 158 valence electrons. The van der Waals surface area contributed by atoms with Crippen LogP contribution in [0, 0.1) is 6.92 Å². The summed E-state index contributed by atoms with van der Waals surface area (Å²) in [6.07, 6.45) is 0. The van der Waals surface area contributed by atoms with Gasteiger partial charge in [-0.2, -0.15) is 0 Å². The Bertz CT molecular complexity index is 879. The van der Waals surface area contributed by atoms with E-state index in [1.54, 1.807) is 6.92 Å². The minimum Gasteiger partial charge on any atom is -0.462 e. The number of carbonyl (C=O) groups excluding carboxylic acids is 2. The van der Waals surface area contributed by atoms with Crippen molar-refractivity contribution in [3.05, 3.63) is 16.3 Å². The Balaban J connectivity index is 1.90. The average molecular weight is 422 g/mol. The summed E-state index contributed by atoms with van der Waals surface area (Å²) in [7, 11) is 0. The van der Waals surface area contributed by atoms with Gasteiger partial charge in [0.05, 0.1) is 31.8 Å². The van der Waals surface area contributed by atoms with Crippen molar-refractivity contribution in [2.45, 2.75) is 27.3 Å². The number of hydrogen-bond acceptors (Lipinski definition) is 9. The van der Waals surface area contributed by atoms with E-state index in [0.29, 0.717) is 56.0 Å². The first kappa shape index (κ1) is 21.4. The lowest BCUT2D eigenvalue weighted by Gasteiger charge is -2.25. The standard InChI is InChI=1S/C19H27N5O4S/c1-4-28-19(26)16-12(2)15-17(21-6-5-20-13(3)25)22-14(23-18(15)29-16)11-24-7-9-27-10-8-24/h4-11H2,1-3H3,(H,20,25)(H,21,22,23). The highest BCUT2D eigenvalue weighted by Crippen LogP contribution is 2.34. The number of fused-ring (bicyclic) bond motifs is 1. The van der Waals surface area contributed by atoms with Crippen LogP contribution in [-0.2, 0) is 20.8 Å². The Morgan fingerprint density at radius 3 is 2.69 bits per heavy atom. The van der Waals surface area contributed by atoms with E-state index in [4.69, 9.17) is 19.4 Å². The number of aromatic nitrogens is 2. The number of anilines is 1. The van der Waals surface area contributed by atoms with E-state index in [0.717, 1.165) is 28.9 Å². The summed E-state index contributed by atoms with van der Waals surface area (Å²) in [5.41, 5.74) is 0.809. The zero-order valence-electron chi connectivity index (χ0n) is 17.0. The molecule has 0 aliphatic carbocycles. The normalized spacial score (nSPS) is 14.7. The molecular formula is C19H27N5O4S. The fourth-order valence-corrected chi connectivity index (χ4v) is 4.25. The van der Waals surface area contributed by atoms with Gasteiger partial charge < -0.3 is 20.1 Å². The lowest BCUT2D eigenvalue weighted by molar-refractivity contribution is -0.118. The van der Waals surface area contributed by atoms with Gasteiger partial charge in [0.15, 0.2) is 0 Å². The molecule has 0 spiro atoms. The van der Waals surface area contributed by atoms with Gasteiger partial charge in [-0.1, -0.05) is 0 Å². The predicted molar refractivity (Wildman–Crippen MR) is 111 cm³/mol. The molecule has 3 heterocycles. The molecule has 0 atom stereocenters. The average Bonchev–Trinajstić information content (AvgIpc) is 3.03. The van der Waals surface area contributed by atoms with Gasteiger partial charge in [-0.15, -0.1) is 11.3 Å². The van der Waals surface area contributed by atoms with Crippen LogP contribution >= 0.6 is 11.3 Å². The molecule has 0 saturated carbocycles. The van der Waals surface area contributed by atoms with E-state index in [-0.39, 0.29) is 11.9 Å². The highest BCUT2D eigenvalue weighted by Gasteiger charge is 2.22. The quantitative estimate of drug-likeness (QED) is 0.489. The van der Waals surface area contributed by atoms with E-state index in [9.17, 15) is 9.59 Å². The molecule has 1 amide bonds. The zero-order valence-corrected chi connectivity index (χ0v) is 17.9. The van der Waals surface area contributed by atoms with Gasteiger partial charge >= 0.3 is 5.97 Å². The molecule has 2 aromatic rings. The second kappa shape index (κ2) is 9.95. The van der Waals surface area contributed by atoms with Gasteiger partial charge in [0.1, 0.15) is 21.3 Å². The molecule has 1 aliphatic heterocycles. The van der Waals surface area contributed by atoms with Crippen LogP contribution in [0.25, 0.3) is 10.2 Å². The topological polar surface area (TPSA) is 106 Å². The van der Waals surface area contributed by atoms with Crippen molar-refractivity contribution < 1.29 is 19.1 Å². The number of carbonyl (C=O) groups is 2. The van der Waals surface area contributed by atoms with E-state index < -0.39 is 0 Å². The number of amides is 1. The number of esters is 1. The maximum Gasteiger partial charge on any atom is 0.348 e. The number of rotatable bonds is 8. The van der Waals surface area contributed by atoms with Crippen LogP contribution in [0.5, 0.6) is 0 Å². The van der Waals surface area contributed by atoms with Crippen LogP contribution in [0.2, 0.25) is 0 Å². The van der Waals surface area contributed by atoms with E-state index in [1.807, 2.05) is 6.92 Å². The number of ether oxygens (including phenoxy) is 2. The fourth-order valence-electron chi connectivity index (χ4n) is 3.15. The van der Waals surface area contributed by atoms with Crippen molar-refractivity contribution in [2.75, 3.05) is 51.3 Å². The van der Waals surface area contributed by atoms with E-state index in [1.165, 1.54) is 18.3 Å². The van der Waals surface area contributed by atoms with Crippen molar-refractivity contribution in [1.29, 1.82) is 0 Å². The molecule has 2 N–H and O–H groups in total. The lowest BCUT2D eigenvalue weighted by Crippen LogP contribution is -2.36. The smallest absolute Gasteiger partial charge is 0.348 e. The van der Waals surface area contributed by atoms with Crippen LogP contribution in [0.1, 0.15) is 34.9 Å². The fraction of sp³-hybridized carbons (Fsp3) is 0.579. The van der Waals surface area contributed by atoms with Gasteiger partial charge in [0.2, 0.25) is 5.91 Å². The summed E-state index contributed by atoms with van der Waals surface area (Å²) in [5, 5.41) is 6.88. The summed E-state index contributed by atoms with van der Waals surface area (Å²) in [6, 6.07) is 0. The SMILES string of the molecule is CCOC(=O)c1sc2nc(CN3CCOCC3)nc(NCCNC(C)=O)c2c1C. The summed E-state index contributed by atoms with van der Waals surface area (Å²) >= 11 is 1.33. The molecule has 0 radical (unpaired) electrons. The van der Waals surface area contributed by atoms with Crippen molar-refractivity contribution in [3.63, 3.8) is 0 Å². The van der Waals surface area contributed by atoms with E-state index in [2.05, 4.69) is 15.5 Å². The Kier molecular flexibility index (Phi) is 7.34. The predicted octanol–water partition coefficient (Wildman–Crippen LogP) is 1.56. The molecule has 9 nitrogen and oxygen atoms in total. The third-order valence-corrected chi connectivity index (χ3v) is 5.72. The van der Waals surface area contributed by atoms with Gasteiger partial charge in [-0.25, -0.2) is 14.8 Å². The molecule has 0 unspecified atom stereocenters. The first-order valence-electron chi connectivity index (χ1n) is 9.75. The first-order chi connectivity index (χ1) is 14.0. The highest BCUT2D eigenvalue weighted by atomic mass is 32.1. The van der Waals surface area contributed by atoms with Gasteiger partial charge in [-0.05, 0) is 19.4 Å². The van der Waals surface area contributed by atoms with E-state index >= 15 is 0 Å². The number of morpholine rings is 1. The molecule has 10 heteroatoms.